The van der Waals surface area contributed by atoms with Gasteiger partial charge in [-0.15, -0.1) is 0 Å². The lowest BCUT2D eigenvalue weighted by Gasteiger charge is -2.53. The molecule has 3 heterocycles. The molecular weight excluding hydrogens is 467 g/mol. The molecule has 3 aliphatic heterocycles. The van der Waals surface area contributed by atoms with Gasteiger partial charge in [0, 0.05) is 41.1 Å². The van der Waals surface area contributed by atoms with Gasteiger partial charge in [-0.1, -0.05) is 53.5 Å². The number of anilines is 3. The van der Waals surface area contributed by atoms with Crippen LogP contribution in [0, 0.1) is 5.41 Å². The molecule has 0 aliphatic carbocycles. The summed E-state index contributed by atoms with van der Waals surface area (Å²) in [6.45, 7) is 4.29. The first-order valence-electron chi connectivity index (χ1n) is 11.5. The second-order valence-electron chi connectivity index (χ2n) is 9.19. The van der Waals surface area contributed by atoms with E-state index >= 15 is 0 Å². The number of carbonyl (C=O) groups excluding carboxylic acids is 1. The number of para-hydroxylation sites is 1. The fraction of sp³-hybridized carbons (Fsp3) is 0.259. The van der Waals surface area contributed by atoms with Crippen LogP contribution in [-0.4, -0.2) is 37.3 Å². The highest BCUT2D eigenvalue weighted by molar-refractivity contribution is 6.31. The second-order valence-corrected chi connectivity index (χ2v) is 10.1. The Bertz CT molecular complexity index is 1310. The Morgan fingerprint density at radius 3 is 2.47 bits per heavy atom. The molecule has 0 unspecified atom stereocenters. The number of piperazine rings is 1. The van der Waals surface area contributed by atoms with E-state index in [1.807, 2.05) is 67.6 Å². The summed E-state index contributed by atoms with van der Waals surface area (Å²) in [5.41, 5.74) is 4.21. The van der Waals surface area contributed by atoms with Gasteiger partial charge in [0.2, 0.25) is 0 Å². The topological polar surface area (TPSA) is 39.2 Å². The molecule has 0 radical (unpaired) electrons. The zero-order valence-electron chi connectivity index (χ0n) is 18.8. The lowest BCUT2D eigenvalue weighted by atomic mass is 9.67. The maximum Gasteiger partial charge on any atom is 0.261 e. The molecule has 3 aromatic rings. The molecule has 0 N–H and O–H groups in total. The van der Waals surface area contributed by atoms with Gasteiger partial charge in [-0.3, -0.25) is 4.79 Å². The maximum atomic E-state index is 14.2. The molecule has 1 spiro atoms. The summed E-state index contributed by atoms with van der Waals surface area (Å²) >= 11 is 12.7. The van der Waals surface area contributed by atoms with Crippen LogP contribution in [-0.2, 0) is 11.2 Å². The van der Waals surface area contributed by atoms with E-state index in [0.717, 1.165) is 41.4 Å². The summed E-state index contributed by atoms with van der Waals surface area (Å²) in [5, 5.41) is 7.82. The Morgan fingerprint density at radius 1 is 0.912 bits per heavy atom. The highest BCUT2D eigenvalue weighted by Gasteiger charge is 2.60. The van der Waals surface area contributed by atoms with Crippen molar-refractivity contribution in [1.82, 2.24) is 0 Å². The van der Waals surface area contributed by atoms with E-state index in [0.29, 0.717) is 23.0 Å². The van der Waals surface area contributed by atoms with E-state index < -0.39 is 5.41 Å². The van der Waals surface area contributed by atoms with Crippen LogP contribution >= 0.6 is 23.2 Å². The zero-order chi connectivity index (χ0) is 23.4. The van der Waals surface area contributed by atoms with Crippen LogP contribution in [0.15, 0.2) is 77.9 Å². The molecule has 5 nitrogen and oxygen atoms in total. The van der Waals surface area contributed by atoms with Crippen LogP contribution in [0.5, 0.6) is 0 Å². The van der Waals surface area contributed by atoms with Crippen LogP contribution in [0.1, 0.15) is 12.5 Å². The molecule has 6 rings (SSSR count). The van der Waals surface area contributed by atoms with Crippen molar-refractivity contribution in [3.05, 3.63) is 88.4 Å². The number of rotatable bonds is 2. The minimum atomic E-state index is -0.756. The quantitative estimate of drug-likeness (QED) is 0.465. The van der Waals surface area contributed by atoms with Crippen molar-refractivity contribution in [3.63, 3.8) is 0 Å². The number of hydrazone groups is 1. The van der Waals surface area contributed by atoms with Crippen LogP contribution in [0.25, 0.3) is 0 Å². The fourth-order valence-electron chi connectivity index (χ4n) is 5.73. The standard InChI is InChI=1S/C27H24Cl2N4O/c1-18-27(26(34)33(30-18)22-7-3-2-4-8-22)16-19-10-11-21(29)15-24(19)32-13-12-31(17-25(27)32)23-9-5-6-20(28)14-23/h2-11,14-15,25H,12-13,16-17H2,1H3/t25-,27+/m1/s1. The molecule has 0 saturated carbocycles. The smallest absolute Gasteiger partial charge is 0.261 e. The highest BCUT2D eigenvalue weighted by atomic mass is 35.5. The van der Waals surface area contributed by atoms with Crippen molar-refractivity contribution < 1.29 is 4.79 Å². The molecule has 0 bridgehead atoms. The average molecular weight is 491 g/mol. The van der Waals surface area contributed by atoms with E-state index in [4.69, 9.17) is 28.3 Å². The zero-order valence-corrected chi connectivity index (χ0v) is 20.3. The molecule has 2 atom stereocenters. The van der Waals surface area contributed by atoms with Gasteiger partial charge in [0.05, 0.1) is 17.4 Å². The first-order valence-corrected chi connectivity index (χ1v) is 12.2. The molecule has 1 saturated heterocycles. The summed E-state index contributed by atoms with van der Waals surface area (Å²) in [7, 11) is 0. The Balaban J connectivity index is 1.46. The molecule has 3 aliphatic rings. The van der Waals surface area contributed by atoms with Crippen molar-refractivity contribution in [2.24, 2.45) is 10.5 Å². The third-order valence-electron chi connectivity index (χ3n) is 7.42. The van der Waals surface area contributed by atoms with Crippen molar-refractivity contribution in [1.29, 1.82) is 0 Å². The third-order valence-corrected chi connectivity index (χ3v) is 7.89. The van der Waals surface area contributed by atoms with Gasteiger partial charge in [-0.2, -0.15) is 10.1 Å². The van der Waals surface area contributed by atoms with Crippen LogP contribution in [0.3, 0.4) is 0 Å². The van der Waals surface area contributed by atoms with Gasteiger partial charge in [0.25, 0.3) is 5.91 Å². The van der Waals surface area contributed by atoms with Gasteiger partial charge in [0.15, 0.2) is 0 Å². The van der Waals surface area contributed by atoms with E-state index in [1.165, 1.54) is 0 Å². The van der Waals surface area contributed by atoms with Gasteiger partial charge < -0.3 is 9.80 Å². The van der Waals surface area contributed by atoms with Crippen LogP contribution < -0.4 is 14.8 Å². The van der Waals surface area contributed by atoms with Crippen molar-refractivity contribution >= 4 is 51.9 Å². The number of hydrogen-bond donors (Lipinski definition) is 0. The van der Waals surface area contributed by atoms with Crippen molar-refractivity contribution in [3.8, 4) is 0 Å². The average Bonchev–Trinajstić information content (AvgIpc) is 3.10. The third kappa shape index (κ3) is 3.22. The maximum absolute atomic E-state index is 14.2. The van der Waals surface area contributed by atoms with Gasteiger partial charge in [-0.25, -0.2) is 0 Å². The summed E-state index contributed by atoms with van der Waals surface area (Å²) in [6, 6.07) is 23.5. The minimum absolute atomic E-state index is 0.0275. The predicted octanol–water partition coefficient (Wildman–Crippen LogP) is 5.65. The number of halogens is 2. The van der Waals surface area contributed by atoms with E-state index in [1.54, 1.807) is 5.01 Å². The number of fused-ring (bicyclic) bond motifs is 4. The summed E-state index contributed by atoms with van der Waals surface area (Å²) in [5.74, 6) is 0.0275. The van der Waals surface area contributed by atoms with Gasteiger partial charge in [-0.05, 0) is 61.4 Å². The lowest BCUT2D eigenvalue weighted by molar-refractivity contribution is -0.125. The van der Waals surface area contributed by atoms with E-state index in [9.17, 15) is 4.79 Å². The van der Waals surface area contributed by atoms with Crippen LogP contribution in [0.4, 0.5) is 17.1 Å². The lowest BCUT2D eigenvalue weighted by Crippen LogP contribution is -2.67. The Kier molecular flexibility index (Phi) is 5.08. The highest BCUT2D eigenvalue weighted by Crippen LogP contribution is 2.49. The van der Waals surface area contributed by atoms with Crippen molar-refractivity contribution in [2.75, 3.05) is 34.4 Å². The number of benzene rings is 3. The SMILES string of the molecule is CC1=NN(c2ccccc2)C(=O)[C@@]12Cc1ccc(Cl)cc1N1CCN(c3cccc(Cl)c3)C[C@@H]12. The minimum Gasteiger partial charge on any atom is -0.368 e. The molecule has 3 aromatic carbocycles. The Hall–Kier alpha value is -3.02. The number of carbonyl (C=O) groups is 1. The van der Waals surface area contributed by atoms with Crippen LogP contribution in [0.2, 0.25) is 10.0 Å². The molecule has 1 amide bonds. The summed E-state index contributed by atoms with van der Waals surface area (Å²) in [6.07, 6.45) is 0.599. The Morgan fingerprint density at radius 2 is 1.68 bits per heavy atom. The molecule has 172 valence electrons. The Labute approximate surface area is 209 Å². The summed E-state index contributed by atoms with van der Waals surface area (Å²) < 4.78 is 0. The fourth-order valence-corrected chi connectivity index (χ4v) is 6.08. The molecule has 7 heteroatoms. The molecule has 1 fully saturated rings. The van der Waals surface area contributed by atoms with E-state index in [2.05, 4.69) is 21.9 Å². The number of hydrogen-bond acceptors (Lipinski definition) is 4. The normalized spacial score (nSPS) is 23.7. The van der Waals surface area contributed by atoms with E-state index in [-0.39, 0.29) is 11.9 Å². The van der Waals surface area contributed by atoms with Gasteiger partial charge in [0.1, 0.15) is 5.41 Å². The van der Waals surface area contributed by atoms with Gasteiger partial charge >= 0.3 is 0 Å². The number of nitrogens with zero attached hydrogens (tertiary/aromatic N) is 4. The summed E-state index contributed by atoms with van der Waals surface area (Å²) in [4.78, 5) is 18.9. The number of amides is 1. The molecule has 0 aromatic heterocycles. The second kappa shape index (κ2) is 8.03. The van der Waals surface area contributed by atoms with Crippen molar-refractivity contribution in [2.45, 2.75) is 19.4 Å². The monoisotopic (exact) mass is 490 g/mol. The largest absolute Gasteiger partial charge is 0.368 e. The predicted molar refractivity (Wildman–Crippen MR) is 139 cm³/mol. The molecule has 34 heavy (non-hydrogen) atoms. The first kappa shape index (κ1) is 21.5. The molecular formula is C27H24Cl2N4O. The first-order chi connectivity index (χ1) is 16.5.